The molecule has 0 aliphatic heterocycles. The van der Waals surface area contributed by atoms with Gasteiger partial charge in [-0.25, -0.2) is 0 Å². The van der Waals surface area contributed by atoms with Crippen molar-refractivity contribution in [2.24, 2.45) is 0 Å². The Labute approximate surface area is 120 Å². The molecule has 1 aromatic rings. The van der Waals surface area contributed by atoms with E-state index in [9.17, 15) is 18.0 Å². The van der Waals surface area contributed by atoms with Crippen LogP contribution in [0, 0.1) is 0 Å². The van der Waals surface area contributed by atoms with Gasteiger partial charge >= 0.3 is 5.51 Å². The normalized spacial score (nSPS) is 11.6. The summed E-state index contributed by atoms with van der Waals surface area (Å²) in [5.41, 5.74) is -3.11. The van der Waals surface area contributed by atoms with Crippen LogP contribution in [0.25, 0.3) is 0 Å². The van der Waals surface area contributed by atoms with Crippen LogP contribution in [0.5, 0.6) is 0 Å². The Bertz CT molecular complexity index is 437. The van der Waals surface area contributed by atoms with E-state index in [1.807, 2.05) is 0 Å². The third-order valence-corrected chi connectivity index (χ3v) is 3.73. The summed E-state index contributed by atoms with van der Waals surface area (Å²) >= 11 is 8.51. The zero-order chi connectivity index (χ0) is 13.8. The summed E-state index contributed by atoms with van der Waals surface area (Å²) in [5, 5.41) is 0.172. The average molecular weight is 362 g/mol. The molecule has 1 rings (SSSR count). The Kier molecular flexibility index (Phi) is 6.01. The topological polar surface area (TPSA) is 17.1 Å². The van der Waals surface area contributed by atoms with E-state index in [4.69, 9.17) is 11.6 Å². The molecule has 0 amide bonds. The number of thioether (sulfide) groups is 1. The van der Waals surface area contributed by atoms with Crippen molar-refractivity contribution in [3.8, 4) is 0 Å². The number of rotatable bonds is 5. The first kappa shape index (κ1) is 15.9. The highest BCUT2D eigenvalue weighted by atomic mass is 79.9. The number of hydrogen-bond acceptors (Lipinski definition) is 2. The minimum atomic E-state index is -4.33. The highest BCUT2D eigenvalue weighted by Gasteiger charge is 2.29. The molecule has 0 heterocycles. The van der Waals surface area contributed by atoms with Gasteiger partial charge in [-0.1, -0.05) is 22.0 Å². The predicted octanol–water partition coefficient (Wildman–Crippen LogP) is 4.54. The lowest BCUT2D eigenvalue weighted by atomic mass is 10.0. The molecule has 0 aliphatic rings. The summed E-state index contributed by atoms with van der Waals surface area (Å²) in [6.45, 7) is 0. The summed E-state index contributed by atoms with van der Waals surface area (Å²) in [6.07, 6.45) is 0.0829. The first-order valence-electron chi connectivity index (χ1n) is 4.87. The Morgan fingerprint density at radius 3 is 2.50 bits per heavy atom. The van der Waals surface area contributed by atoms with E-state index in [1.165, 1.54) is 18.2 Å². The van der Waals surface area contributed by atoms with Gasteiger partial charge < -0.3 is 0 Å². The van der Waals surface area contributed by atoms with Gasteiger partial charge in [-0.3, -0.25) is 4.79 Å². The third kappa shape index (κ3) is 5.20. The monoisotopic (exact) mass is 360 g/mol. The molecule has 18 heavy (non-hydrogen) atoms. The molecule has 0 saturated heterocycles. The van der Waals surface area contributed by atoms with Crippen molar-refractivity contribution in [2.75, 3.05) is 5.33 Å². The average Bonchev–Trinajstić information content (AvgIpc) is 2.27. The number of alkyl halides is 5. The Balaban J connectivity index is 2.98. The van der Waals surface area contributed by atoms with Gasteiger partial charge in [0, 0.05) is 17.2 Å². The fraction of sp³-hybridized carbons (Fsp3) is 0.364. The summed E-state index contributed by atoms with van der Waals surface area (Å²) in [4.78, 5) is 11.4. The van der Waals surface area contributed by atoms with Crippen molar-refractivity contribution in [1.29, 1.82) is 0 Å². The van der Waals surface area contributed by atoms with Crippen LogP contribution in [-0.4, -0.2) is 16.6 Å². The van der Waals surface area contributed by atoms with Crippen LogP contribution < -0.4 is 0 Å². The lowest BCUT2D eigenvalue weighted by Crippen LogP contribution is -2.06. The minimum absolute atomic E-state index is 0.0636. The van der Waals surface area contributed by atoms with Crippen LogP contribution in [0.4, 0.5) is 13.2 Å². The van der Waals surface area contributed by atoms with Crippen molar-refractivity contribution >= 4 is 45.1 Å². The molecule has 0 bridgehead atoms. The highest BCUT2D eigenvalue weighted by molar-refractivity contribution is 9.09. The van der Waals surface area contributed by atoms with E-state index < -0.39 is 5.51 Å². The van der Waals surface area contributed by atoms with Gasteiger partial charge in [-0.15, -0.1) is 11.6 Å². The van der Waals surface area contributed by atoms with E-state index in [0.717, 1.165) is 0 Å². The standard InChI is InChI=1S/C11H9BrClF3OS/c12-5-9(17)3-8-4-10(18-11(14,15)16)2-1-7(8)6-13/h1-2,4H,3,5-6H2. The minimum Gasteiger partial charge on any atom is -0.298 e. The SMILES string of the molecule is O=C(CBr)Cc1cc(SC(F)(F)F)ccc1CCl. The van der Waals surface area contributed by atoms with Crippen LogP contribution in [-0.2, 0) is 17.1 Å². The number of Topliss-reactive ketones (excluding diaryl/α,β-unsaturated/α-hetero) is 1. The van der Waals surface area contributed by atoms with Crippen LogP contribution in [0.3, 0.4) is 0 Å². The van der Waals surface area contributed by atoms with Crippen LogP contribution in [0.15, 0.2) is 23.1 Å². The molecule has 0 fully saturated rings. The maximum Gasteiger partial charge on any atom is 0.446 e. The van der Waals surface area contributed by atoms with E-state index in [2.05, 4.69) is 15.9 Å². The summed E-state index contributed by atoms with van der Waals surface area (Å²) in [6, 6.07) is 4.26. The second-order valence-corrected chi connectivity index (χ2v) is 5.43. The Hall–Kier alpha value is -0.200. The molecule has 0 atom stereocenters. The molecule has 0 aromatic heterocycles. The quantitative estimate of drug-likeness (QED) is 0.565. The Morgan fingerprint density at radius 1 is 1.33 bits per heavy atom. The summed E-state index contributed by atoms with van der Waals surface area (Å²) < 4.78 is 36.7. The molecule has 1 nitrogen and oxygen atoms in total. The first-order valence-corrected chi connectivity index (χ1v) is 7.34. The molecule has 100 valence electrons. The van der Waals surface area contributed by atoms with Gasteiger partial charge in [0.05, 0.1) is 5.33 Å². The van der Waals surface area contributed by atoms with Gasteiger partial charge in [-0.05, 0) is 35.0 Å². The largest absolute Gasteiger partial charge is 0.446 e. The van der Waals surface area contributed by atoms with E-state index >= 15 is 0 Å². The third-order valence-electron chi connectivity index (χ3n) is 2.09. The summed E-state index contributed by atoms with van der Waals surface area (Å²) in [7, 11) is 0. The van der Waals surface area contributed by atoms with Crippen molar-refractivity contribution in [3.05, 3.63) is 29.3 Å². The van der Waals surface area contributed by atoms with Crippen LogP contribution in [0.2, 0.25) is 0 Å². The van der Waals surface area contributed by atoms with Gasteiger partial charge in [0.15, 0.2) is 0 Å². The number of carbonyl (C=O) groups is 1. The zero-order valence-corrected chi connectivity index (χ0v) is 12.2. The molecular weight excluding hydrogens is 353 g/mol. The number of benzene rings is 1. The van der Waals surface area contributed by atoms with E-state index in [-0.39, 0.29) is 40.1 Å². The van der Waals surface area contributed by atoms with E-state index in [1.54, 1.807) is 0 Å². The van der Waals surface area contributed by atoms with Crippen molar-refractivity contribution in [1.82, 2.24) is 0 Å². The molecule has 1 aromatic carbocycles. The molecular formula is C11H9BrClF3OS. The van der Waals surface area contributed by atoms with Crippen LogP contribution in [0.1, 0.15) is 11.1 Å². The molecule has 7 heteroatoms. The highest BCUT2D eigenvalue weighted by Crippen LogP contribution is 2.37. The molecule has 0 unspecified atom stereocenters. The van der Waals surface area contributed by atoms with Crippen LogP contribution >= 0.6 is 39.3 Å². The second-order valence-electron chi connectivity index (χ2n) is 3.46. The van der Waals surface area contributed by atoms with Gasteiger partial charge in [0.25, 0.3) is 0 Å². The maximum atomic E-state index is 12.2. The van der Waals surface area contributed by atoms with Crippen molar-refractivity contribution in [3.63, 3.8) is 0 Å². The molecule has 0 spiro atoms. The number of hydrogen-bond donors (Lipinski definition) is 0. The maximum absolute atomic E-state index is 12.2. The smallest absolute Gasteiger partial charge is 0.298 e. The fourth-order valence-corrected chi connectivity index (χ4v) is 2.42. The predicted molar refractivity (Wildman–Crippen MR) is 70.4 cm³/mol. The first-order chi connectivity index (χ1) is 8.35. The van der Waals surface area contributed by atoms with Gasteiger partial charge in [0.1, 0.15) is 5.78 Å². The van der Waals surface area contributed by atoms with E-state index in [0.29, 0.717) is 11.1 Å². The molecule has 0 radical (unpaired) electrons. The lowest BCUT2D eigenvalue weighted by molar-refractivity contribution is -0.115. The number of carbonyl (C=O) groups excluding carboxylic acids is 1. The molecule has 0 aliphatic carbocycles. The zero-order valence-electron chi connectivity index (χ0n) is 9.06. The molecule has 0 saturated carbocycles. The van der Waals surface area contributed by atoms with Crippen molar-refractivity contribution < 1.29 is 18.0 Å². The lowest BCUT2D eigenvalue weighted by Gasteiger charge is -2.10. The van der Waals surface area contributed by atoms with Gasteiger partial charge in [-0.2, -0.15) is 13.2 Å². The van der Waals surface area contributed by atoms with Gasteiger partial charge in [0.2, 0.25) is 0 Å². The fourth-order valence-electron chi connectivity index (χ4n) is 1.35. The second kappa shape index (κ2) is 6.82. The number of ketones is 1. The molecule has 0 N–H and O–H groups in total. The summed E-state index contributed by atoms with van der Waals surface area (Å²) in [5.74, 6) is 0.0672. The Morgan fingerprint density at radius 2 is 2.00 bits per heavy atom. The number of halogens is 5. The van der Waals surface area contributed by atoms with Crippen molar-refractivity contribution in [2.45, 2.75) is 22.7 Å².